The van der Waals surface area contributed by atoms with Crippen LogP contribution in [0.1, 0.15) is 31.4 Å². The van der Waals surface area contributed by atoms with E-state index in [1.165, 1.54) is 0 Å². The Balaban J connectivity index is 1.90. The van der Waals surface area contributed by atoms with Gasteiger partial charge in [-0.25, -0.2) is 0 Å². The third-order valence-electron chi connectivity index (χ3n) is 5.71. The van der Waals surface area contributed by atoms with E-state index >= 15 is 0 Å². The van der Waals surface area contributed by atoms with Crippen LogP contribution < -0.4 is 10.1 Å². The van der Waals surface area contributed by atoms with E-state index in [0.29, 0.717) is 22.2 Å². The molecule has 0 aliphatic rings. The van der Waals surface area contributed by atoms with Crippen molar-refractivity contribution in [3.05, 3.63) is 100 Å². The molecule has 0 heterocycles. The lowest BCUT2D eigenvalue weighted by atomic mass is 10.0. The van der Waals surface area contributed by atoms with Gasteiger partial charge in [0.25, 0.3) is 5.91 Å². The molecule has 0 fully saturated rings. The van der Waals surface area contributed by atoms with Gasteiger partial charge in [0.1, 0.15) is 11.8 Å². The molecule has 0 aromatic heterocycles. The van der Waals surface area contributed by atoms with E-state index in [0.717, 1.165) is 17.5 Å². The Morgan fingerprint density at radius 1 is 0.943 bits per heavy atom. The monoisotopic (exact) mass is 512 g/mol. The normalized spacial score (nSPS) is 12.5. The van der Waals surface area contributed by atoms with Crippen molar-refractivity contribution in [3.8, 4) is 5.75 Å². The van der Waals surface area contributed by atoms with E-state index in [4.69, 9.17) is 27.9 Å². The Kier molecular flexibility index (Phi) is 10.0. The van der Waals surface area contributed by atoms with Crippen LogP contribution in [0.3, 0.4) is 0 Å². The summed E-state index contributed by atoms with van der Waals surface area (Å²) in [4.78, 5) is 28.6. The molecule has 0 radical (unpaired) electrons. The summed E-state index contributed by atoms with van der Waals surface area (Å²) in [6.45, 7) is 3.96. The Labute approximate surface area is 217 Å². The fraction of sp³-hybridized carbons (Fsp3) is 0.286. The van der Waals surface area contributed by atoms with Gasteiger partial charge in [-0.05, 0) is 42.7 Å². The molecule has 2 amide bonds. The first-order valence-electron chi connectivity index (χ1n) is 11.6. The van der Waals surface area contributed by atoms with Crippen LogP contribution in [0.25, 0.3) is 0 Å². The minimum Gasteiger partial charge on any atom is -0.482 e. The van der Waals surface area contributed by atoms with Crippen molar-refractivity contribution in [3.63, 3.8) is 0 Å². The average Bonchev–Trinajstić information content (AvgIpc) is 2.86. The molecule has 0 saturated carbocycles. The van der Waals surface area contributed by atoms with Gasteiger partial charge in [0.2, 0.25) is 5.91 Å². The number of carbonyl (C=O) groups excluding carboxylic acids is 2. The zero-order valence-corrected chi connectivity index (χ0v) is 21.4. The second-order valence-corrected chi connectivity index (χ2v) is 9.24. The molecule has 0 aliphatic heterocycles. The molecule has 3 aromatic carbocycles. The van der Waals surface area contributed by atoms with Gasteiger partial charge < -0.3 is 15.0 Å². The van der Waals surface area contributed by atoms with Crippen LogP contribution in [0.5, 0.6) is 5.75 Å². The molecule has 0 bridgehead atoms. The summed E-state index contributed by atoms with van der Waals surface area (Å²) in [6, 6.07) is 23.4. The Hall–Kier alpha value is -3.02. The predicted molar refractivity (Wildman–Crippen MR) is 141 cm³/mol. The molecule has 0 unspecified atom stereocenters. The zero-order valence-electron chi connectivity index (χ0n) is 19.9. The maximum Gasteiger partial charge on any atom is 0.261 e. The van der Waals surface area contributed by atoms with Gasteiger partial charge in [-0.15, -0.1) is 0 Å². The summed E-state index contributed by atoms with van der Waals surface area (Å²) in [5.41, 5.74) is 1.88. The maximum atomic E-state index is 13.5. The second kappa shape index (κ2) is 13.2. The summed E-state index contributed by atoms with van der Waals surface area (Å²) < 4.78 is 5.74. The van der Waals surface area contributed by atoms with E-state index in [1.54, 1.807) is 23.1 Å². The maximum absolute atomic E-state index is 13.5. The van der Waals surface area contributed by atoms with Crippen LogP contribution in [0.15, 0.2) is 78.9 Å². The lowest BCUT2D eigenvalue weighted by molar-refractivity contribution is -0.143. The number of rotatable bonds is 11. The predicted octanol–water partition coefficient (Wildman–Crippen LogP) is 5.93. The number of hydrogen-bond acceptors (Lipinski definition) is 3. The van der Waals surface area contributed by atoms with Gasteiger partial charge in [0, 0.05) is 24.0 Å². The van der Waals surface area contributed by atoms with Crippen molar-refractivity contribution in [2.75, 3.05) is 6.61 Å². The number of hydrogen-bond donors (Lipinski definition) is 1. The van der Waals surface area contributed by atoms with Crippen LogP contribution in [0.2, 0.25) is 10.0 Å². The number of benzene rings is 3. The molecule has 3 aromatic rings. The fourth-order valence-electron chi connectivity index (χ4n) is 3.59. The van der Waals surface area contributed by atoms with Crippen LogP contribution >= 0.6 is 23.2 Å². The van der Waals surface area contributed by atoms with Crippen LogP contribution in [-0.2, 0) is 22.6 Å². The van der Waals surface area contributed by atoms with Gasteiger partial charge in [0.05, 0.1) is 5.02 Å². The number of halogens is 2. The molecule has 5 nitrogen and oxygen atoms in total. The summed E-state index contributed by atoms with van der Waals surface area (Å²) in [5.74, 6) is -0.162. The summed E-state index contributed by atoms with van der Waals surface area (Å²) >= 11 is 12.2. The van der Waals surface area contributed by atoms with Crippen LogP contribution in [0, 0.1) is 0 Å². The number of nitrogens with one attached hydrogen (secondary N) is 1. The molecule has 3 rings (SSSR count). The van der Waals surface area contributed by atoms with Crippen LogP contribution in [-0.4, -0.2) is 35.4 Å². The van der Waals surface area contributed by atoms with Crippen molar-refractivity contribution >= 4 is 35.0 Å². The minimum atomic E-state index is -0.719. The van der Waals surface area contributed by atoms with E-state index in [1.807, 2.05) is 74.5 Å². The molecule has 35 heavy (non-hydrogen) atoms. The molecule has 7 heteroatoms. The Morgan fingerprint density at radius 2 is 1.57 bits per heavy atom. The number of nitrogens with zero attached hydrogens (tertiary/aromatic N) is 1. The lowest BCUT2D eigenvalue weighted by Gasteiger charge is -2.32. The van der Waals surface area contributed by atoms with E-state index in [-0.39, 0.29) is 31.0 Å². The summed E-state index contributed by atoms with van der Waals surface area (Å²) in [6.07, 6.45) is 1.16. The van der Waals surface area contributed by atoms with Crippen LogP contribution in [0.4, 0.5) is 0 Å². The molecule has 0 aliphatic carbocycles. The molecular formula is C28H30Cl2N2O3. The van der Waals surface area contributed by atoms with E-state index in [2.05, 4.69) is 5.32 Å². The Bertz CT molecular complexity index is 1110. The average molecular weight is 513 g/mol. The number of ether oxygens (including phenoxy) is 1. The van der Waals surface area contributed by atoms with Crippen molar-refractivity contribution < 1.29 is 14.3 Å². The summed E-state index contributed by atoms with van der Waals surface area (Å²) in [5, 5.41) is 3.84. The smallest absolute Gasteiger partial charge is 0.261 e. The molecule has 2 atom stereocenters. The standard InChI is InChI=1S/C28H30Cl2N2O3/c1-3-20(2)31-28(34)25(16-21-10-6-4-7-11-21)32(18-22-12-8-5-9-13-22)27(33)19-35-26-15-14-23(29)17-24(26)30/h4-15,17,20,25H,3,16,18-19H2,1-2H3,(H,31,34)/t20-,25+/m1/s1. The van der Waals surface area contributed by atoms with Crippen molar-refractivity contribution in [2.45, 2.75) is 45.3 Å². The highest BCUT2D eigenvalue weighted by Crippen LogP contribution is 2.27. The number of carbonyl (C=O) groups is 2. The van der Waals surface area contributed by atoms with Gasteiger partial charge in [-0.1, -0.05) is 90.8 Å². The number of amides is 2. The highest BCUT2D eigenvalue weighted by molar-refractivity contribution is 6.35. The Morgan fingerprint density at radius 3 is 2.17 bits per heavy atom. The highest BCUT2D eigenvalue weighted by atomic mass is 35.5. The molecule has 0 spiro atoms. The van der Waals surface area contributed by atoms with Crippen molar-refractivity contribution in [1.29, 1.82) is 0 Å². The van der Waals surface area contributed by atoms with Crippen molar-refractivity contribution in [1.82, 2.24) is 10.2 Å². The van der Waals surface area contributed by atoms with Crippen molar-refractivity contribution in [2.24, 2.45) is 0 Å². The quantitative estimate of drug-likeness (QED) is 0.346. The van der Waals surface area contributed by atoms with E-state index in [9.17, 15) is 9.59 Å². The molecule has 184 valence electrons. The molecule has 1 N–H and O–H groups in total. The second-order valence-electron chi connectivity index (χ2n) is 8.39. The molecular weight excluding hydrogens is 483 g/mol. The third kappa shape index (κ3) is 8.01. The summed E-state index contributed by atoms with van der Waals surface area (Å²) in [7, 11) is 0. The van der Waals surface area contributed by atoms with Gasteiger partial charge in [-0.2, -0.15) is 0 Å². The first-order chi connectivity index (χ1) is 16.9. The third-order valence-corrected chi connectivity index (χ3v) is 6.24. The van der Waals surface area contributed by atoms with Gasteiger partial charge in [0.15, 0.2) is 6.61 Å². The lowest BCUT2D eigenvalue weighted by Crippen LogP contribution is -2.53. The minimum absolute atomic E-state index is 0.0152. The SMILES string of the molecule is CC[C@@H](C)NC(=O)[C@H](Cc1ccccc1)N(Cc1ccccc1)C(=O)COc1ccc(Cl)cc1Cl. The van der Waals surface area contributed by atoms with E-state index < -0.39 is 6.04 Å². The topological polar surface area (TPSA) is 58.6 Å². The first-order valence-corrected chi connectivity index (χ1v) is 12.4. The highest BCUT2D eigenvalue weighted by Gasteiger charge is 2.31. The first kappa shape index (κ1) is 26.6. The van der Waals surface area contributed by atoms with Gasteiger partial charge in [-0.3, -0.25) is 9.59 Å². The van der Waals surface area contributed by atoms with Gasteiger partial charge >= 0.3 is 0 Å². The fourth-order valence-corrected chi connectivity index (χ4v) is 4.05. The zero-order chi connectivity index (χ0) is 25.2. The largest absolute Gasteiger partial charge is 0.482 e. The molecule has 0 saturated heterocycles.